The van der Waals surface area contributed by atoms with Crippen molar-refractivity contribution in [2.45, 2.75) is 26.2 Å². The molecule has 1 amide bonds. The van der Waals surface area contributed by atoms with Gasteiger partial charge in [0.1, 0.15) is 5.75 Å². The van der Waals surface area contributed by atoms with E-state index in [9.17, 15) is 4.79 Å². The number of para-hydroxylation sites is 1. The maximum Gasteiger partial charge on any atom is 0.225 e. The number of benzene rings is 1. The van der Waals surface area contributed by atoms with Gasteiger partial charge >= 0.3 is 0 Å². The third-order valence-corrected chi connectivity index (χ3v) is 4.05. The molecule has 1 N–H and O–H groups in total. The number of nitrogens with one attached hydrogen (secondary N) is 1. The minimum Gasteiger partial charge on any atom is -0.493 e. The maximum absolute atomic E-state index is 12.3. The van der Waals surface area contributed by atoms with Crippen molar-refractivity contribution in [3.63, 3.8) is 0 Å². The summed E-state index contributed by atoms with van der Waals surface area (Å²) in [5, 5.41) is 3.29. The fraction of sp³-hybridized carbons (Fsp3) is 0.588. The Hall–Kier alpha value is -1.26. The van der Waals surface area contributed by atoms with Crippen LogP contribution in [0.25, 0.3) is 0 Å². The SMILES string of the molecule is Cc1ccccc1OCCCN(C)C(=O)C1CCNCC1.Cl. The van der Waals surface area contributed by atoms with Gasteiger partial charge in [-0.05, 0) is 50.9 Å². The van der Waals surface area contributed by atoms with E-state index in [0.717, 1.165) is 50.2 Å². The Balaban J connectivity index is 0.00000242. The Morgan fingerprint density at radius 2 is 2.00 bits per heavy atom. The second-order valence-corrected chi connectivity index (χ2v) is 5.75. The average Bonchev–Trinajstić information content (AvgIpc) is 2.53. The first kappa shape index (κ1) is 18.8. The van der Waals surface area contributed by atoms with Crippen LogP contribution in [-0.4, -0.2) is 44.1 Å². The van der Waals surface area contributed by atoms with E-state index in [0.29, 0.717) is 6.61 Å². The summed E-state index contributed by atoms with van der Waals surface area (Å²) >= 11 is 0. The Morgan fingerprint density at radius 1 is 1.32 bits per heavy atom. The van der Waals surface area contributed by atoms with Crippen molar-refractivity contribution >= 4 is 18.3 Å². The molecule has 1 aromatic carbocycles. The summed E-state index contributed by atoms with van der Waals surface area (Å²) in [6, 6.07) is 8.02. The molecular weight excluding hydrogens is 300 g/mol. The van der Waals surface area contributed by atoms with Gasteiger partial charge in [-0.3, -0.25) is 4.79 Å². The van der Waals surface area contributed by atoms with E-state index in [1.807, 2.05) is 43.1 Å². The van der Waals surface area contributed by atoms with Crippen LogP contribution >= 0.6 is 12.4 Å². The highest BCUT2D eigenvalue weighted by atomic mass is 35.5. The molecule has 0 aromatic heterocycles. The molecule has 1 aromatic rings. The van der Waals surface area contributed by atoms with Crippen LogP contribution in [0.2, 0.25) is 0 Å². The second-order valence-electron chi connectivity index (χ2n) is 5.75. The molecule has 1 aliphatic heterocycles. The van der Waals surface area contributed by atoms with Crippen molar-refractivity contribution < 1.29 is 9.53 Å². The standard InChI is InChI=1S/C17H26N2O2.ClH/c1-14-6-3-4-7-16(14)21-13-5-12-19(2)17(20)15-8-10-18-11-9-15;/h3-4,6-7,15,18H,5,8-13H2,1-2H3;1H. The number of hydrogen-bond donors (Lipinski definition) is 1. The zero-order valence-corrected chi connectivity index (χ0v) is 14.3. The third-order valence-electron chi connectivity index (χ3n) is 4.05. The summed E-state index contributed by atoms with van der Waals surface area (Å²) in [4.78, 5) is 14.1. The molecular formula is C17H27ClN2O2. The van der Waals surface area contributed by atoms with Gasteiger partial charge in [0.2, 0.25) is 5.91 Å². The first-order valence-electron chi connectivity index (χ1n) is 7.82. The van der Waals surface area contributed by atoms with Gasteiger partial charge in [0.05, 0.1) is 6.61 Å². The molecule has 1 fully saturated rings. The Kier molecular flexibility index (Phi) is 8.28. The predicted molar refractivity (Wildman–Crippen MR) is 91.8 cm³/mol. The fourth-order valence-electron chi connectivity index (χ4n) is 2.69. The quantitative estimate of drug-likeness (QED) is 0.817. The third kappa shape index (κ3) is 5.50. The lowest BCUT2D eigenvalue weighted by Crippen LogP contribution is -2.39. The van der Waals surface area contributed by atoms with E-state index < -0.39 is 0 Å². The number of hydrogen-bond acceptors (Lipinski definition) is 3. The van der Waals surface area contributed by atoms with Crippen LogP contribution in [0.15, 0.2) is 24.3 Å². The van der Waals surface area contributed by atoms with Gasteiger partial charge in [0, 0.05) is 19.5 Å². The highest BCUT2D eigenvalue weighted by Gasteiger charge is 2.23. The molecule has 1 heterocycles. The van der Waals surface area contributed by atoms with Gasteiger partial charge < -0.3 is 15.0 Å². The van der Waals surface area contributed by atoms with Crippen molar-refractivity contribution in [1.29, 1.82) is 0 Å². The van der Waals surface area contributed by atoms with E-state index in [4.69, 9.17) is 4.74 Å². The number of ether oxygens (including phenoxy) is 1. The first-order chi connectivity index (χ1) is 10.2. The van der Waals surface area contributed by atoms with Crippen molar-refractivity contribution in [1.82, 2.24) is 10.2 Å². The van der Waals surface area contributed by atoms with E-state index in [-0.39, 0.29) is 24.2 Å². The van der Waals surface area contributed by atoms with Crippen LogP contribution in [0.5, 0.6) is 5.75 Å². The number of nitrogens with zero attached hydrogens (tertiary/aromatic N) is 1. The lowest BCUT2D eigenvalue weighted by molar-refractivity contribution is -0.135. The summed E-state index contributed by atoms with van der Waals surface area (Å²) in [5.74, 6) is 1.42. The van der Waals surface area contributed by atoms with Gasteiger partial charge in [-0.2, -0.15) is 0 Å². The predicted octanol–water partition coefficient (Wildman–Crippen LogP) is 2.64. The van der Waals surface area contributed by atoms with Gasteiger partial charge in [0.15, 0.2) is 0 Å². The lowest BCUT2D eigenvalue weighted by atomic mass is 9.97. The molecule has 2 rings (SSSR count). The highest BCUT2D eigenvalue weighted by molar-refractivity contribution is 5.85. The average molecular weight is 327 g/mol. The molecule has 1 saturated heterocycles. The maximum atomic E-state index is 12.3. The number of piperidine rings is 1. The van der Waals surface area contributed by atoms with Crippen LogP contribution in [-0.2, 0) is 4.79 Å². The molecule has 0 spiro atoms. The van der Waals surface area contributed by atoms with Gasteiger partial charge in [-0.1, -0.05) is 18.2 Å². The summed E-state index contributed by atoms with van der Waals surface area (Å²) in [5.41, 5.74) is 1.15. The molecule has 5 heteroatoms. The summed E-state index contributed by atoms with van der Waals surface area (Å²) in [6.45, 7) is 5.37. The summed E-state index contributed by atoms with van der Waals surface area (Å²) in [6.07, 6.45) is 2.79. The molecule has 0 atom stereocenters. The van der Waals surface area contributed by atoms with Gasteiger partial charge in [-0.15, -0.1) is 12.4 Å². The normalized spacial score (nSPS) is 15.0. The van der Waals surface area contributed by atoms with E-state index in [2.05, 4.69) is 5.32 Å². The van der Waals surface area contributed by atoms with Crippen LogP contribution in [0.4, 0.5) is 0 Å². The molecule has 0 bridgehead atoms. The van der Waals surface area contributed by atoms with Gasteiger partial charge in [-0.25, -0.2) is 0 Å². The minimum atomic E-state index is 0. The number of aryl methyl sites for hydroxylation is 1. The molecule has 4 nitrogen and oxygen atoms in total. The summed E-state index contributed by atoms with van der Waals surface area (Å²) < 4.78 is 5.76. The molecule has 22 heavy (non-hydrogen) atoms. The number of halogens is 1. The topological polar surface area (TPSA) is 41.6 Å². The van der Waals surface area contributed by atoms with E-state index in [1.165, 1.54) is 0 Å². The fourth-order valence-corrected chi connectivity index (χ4v) is 2.69. The summed E-state index contributed by atoms with van der Waals surface area (Å²) in [7, 11) is 1.90. The number of amides is 1. The smallest absolute Gasteiger partial charge is 0.225 e. The molecule has 0 radical (unpaired) electrons. The molecule has 0 aliphatic carbocycles. The first-order valence-corrected chi connectivity index (χ1v) is 7.82. The zero-order valence-electron chi connectivity index (χ0n) is 13.5. The number of rotatable bonds is 6. The number of carbonyl (C=O) groups excluding carboxylic acids is 1. The van der Waals surface area contributed by atoms with E-state index in [1.54, 1.807) is 0 Å². The molecule has 0 saturated carbocycles. The monoisotopic (exact) mass is 326 g/mol. The molecule has 1 aliphatic rings. The Labute approximate surface area is 139 Å². The van der Waals surface area contributed by atoms with Crippen LogP contribution in [0.3, 0.4) is 0 Å². The molecule has 124 valence electrons. The van der Waals surface area contributed by atoms with E-state index >= 15 is 0 Å². The Morgan fingerprint density at radius 3 is 2.68 bits per heavy atom. The molecule has 0 unspecified atom stereocenters. The van der Waals surface area contributed by atoms with Crippen LogP contribution < -0.4 is 10.1 Å². The minimum absolute atomic E-state index is 0. The number of carbonyl (C=O) groups is 1. The Bertz CT molecular complexity index is 462. The highest BCUT2D eigenvalue weighted by Crippen LogP contribution is 2.17. The van der Waals surface area contributed by atoms with Crippen molar-refractivity contribution in [2.75, 3.05) is 33.3 Å². The van der Waals surface area contributed by atoms with Gasteiger partial charge in [0.25, 0.3) is 0 Å². The largest absolute Gasteiger partial charge is 0.493 e. The van der Waals surface area contributed by atoms with Crippen LogP contribution in [0.1, 0.15) is 24.8 Å². The zero-order chi connectivity index (χ0) is 15.1. The second kappa shape index (κ2) is 9.70. The van der Waals surface area contributed by atoms with Crippen LogP contribution in [0, 0.1) is 12.8 Å². The van der Waals surface area contributed by atoms with Crippen molar-refractivity contribution in [3.8, 4) is 5.75 Å². The lowest BCUT2D eigenvalue weighted by Gasteiger charge is -2.27. The van der Waals surface area contributed by atoms with Crippen molar-refractivity contribution in [2.24, 2.45) is 5.92 Å². The van der Waals surface area contributed by atoms with Crippen molar-refractivity contribution in [3.05, 3.63) is 29.8 Å².